The number of esters is 1. The first-order valence-corrected chi connectivity index (χ1v) is 6.32. The molecule has 1 amide bonds. The molecule has 1 heterocycles. The Labute approximate surface area is 112 Å². The van der Waals surface area contributed by atoms with Crippen molar-refractivity contribution in [3.8, 4) is 0 Å². The van der Waals surface area contributed by atoms with Gasteiger partial charge in [-0.3, -0.25) is 9.69 Å². The summed E-state index contributed by atoms with van der Waals surface area (Å²) in [5.74, 6) is -0.878. The van der Waals surface area contributed by atoms with Crippen molar-refractivity contribution >= 4 is 11.9 Å². The van der Waals surface area contributed by atoms with Crippen molar-refractivity contribution in [3.63, 3.8) is 0 Å². The Balaban J connectivity index is 2.72. The topological polar surface area (TPSA) is 88.1 Å². The molecule has 0 aromatic carbocycles. The molecule has 0 bridgehead atoms. The van der Waals surface area contributed by atoms with Gasteiger partial charge in [-0.05, 0) is 13.8 Å². The molecule has 0 aromatic heterocycles. The van der Waals surface area contributed by atoms with Crippen molar-refractivity contribution in [1.29, 1.82) is 0 Å². The first-order chi connectivity index (χ1) is 8.92. The normalized spacial score (nSPS) is 23.5. The Morgan fingerprint density at radius 2 is 2.26 bits per heavy atom. The summed E-state index contributed by atoms with van der Waals surface area (Å²) >= 11 is 0. The van der Waals surface area contributed by atoms with Gasteiger partial charge in [-0.1, -0.05) is 0 Å². The lowest BCUT2D eigenvalue weighted by Crippen LogP contribution is -2.59. The monoisotopic (exact) mass is 274 g/mol. The molecule has 1 rings (SSSR count). The van der Waals surface area contributed by atoms with Gasteiger partial charge in [0.2, 0.25) is 5.91 Å². The predicted molar refractivity (Wildman–Crippen MR) is 67.5 cm³/mol. The minimum Gasteiger partial charge on any atom is -0.467 e. The van der Waals surface area contributed by atoms with E-state index in [4.69, 9.17) is 4.74 Å². The van der Waals surface area contributed by atoms with Crippen molar-refractivity contribution < 1.29 is 24.2 Å². The second-order valence-electron chi connectivity index (χ2n) is 4.72. The molecule has 1 fully saturated rings. The maximum atomic E-state index is 11.9. The molecule has 2 atom stereocenters. The second-order valence-corrected chi connectivity index (χ2v) is 4.72. The summed E-state index contributed by atoms with van der Waals surface area (Å²) < 4.78 is 9.83. The van der Waals surface area contributed by atoms with Crippen LogP contribution in [-0.2, 0) is 19.1 Å². The van der Waals surface area contributed by atoms with Gasteiger partial charge < -0.3 is 19.9 Å². The van der Waals surface area contributed by atoms with E-state index in [0.717, 1.165) is 0 Å². The van der Waals surface area contributed by atoms with E-state index in [-0.39, 0.29) is 19.1 Å². The lowest BCUT2D eigenvalue weighted by atomic mass is 10.0. The summed E-state index contributed by atoms with van der Waals surface area (Å²) in [6.07, 6.45) is 0. The lowest BCUT2D eigenvalue weighted by molar-refractivity contribution is -0.165. The van der Waals surface area contributed by atoms with Gasteiger partial charge in [0.05, 0.1) is 20.3 Å². The van der Waals surface area contributed by atoms with Gasteiger partial charge in [-0.2, -0.15) is 0 Å². The number of carbonyl (C=O) groups is 2. The number of β-amino-alcohol motifs (C(OH)–C–C–N with tert-alkyl or cyclic N) is 1. The van der Waals surface area contributed by atoms with Gasteiger partial charge in [0.1, 0.15) is 6.04 Å². The zero-order valence-electron chi connectivity index (χ0n) is 11.6. The molecule has 0 radical (unpaired) electrons. The van der Waals surface area contributed by atoms with Gasteiger partial charge in [-0.15, -0.1) is 0 Å². The number of morpholine rings is 1. The molecule has 1 saturated heterocycles. The van der Waals surface area contributed by atoms with Gasteiger partial charge in [0.15, 0.2) is 5.60 Å². The first kappa shape index (κ1) is 15.9. The molecular weight excluding hydrogens is 252 g/mol. The number of hydrogen-bond acceptors (Lipinski definition) is 6. The SMILES string of the molecule is CCNC(=O)C1COCCN1CC(C)(O)C(=O)OC. The summed E-state index contributed by atoms with van der Waals surface area (Å²) in [6, 6.07) is -0.496. The molecule has 0 aromatic rings. The van der Waals surface area contributed by atoms with Crippen molar-refractivity contribution in [2.75, 3.05) is 40.0 Å². The minimum atomic E-state index is -1.64. The van der Waals surface area contributed by atoms with Crippen LogP contribution < -0.4 is 5.32 Å². The molecule has 7 heteroatoms. The Hall–Kier alpha value is -1.18. The highest BCUT2D eigenvalue weighted by Crippen LogP contribution is 2.14. The number of hydrogen-bond donors (Lipinski definition) is 2. The van der Waals surface area contributed by atoms with Crippen LogP contribution in [0.2, 0.25) is 0 Å². The third-order valence-corrected chi connectivity index (χ3v) is 3.03. The molecule has 110 valence electrons. The van der Waals surface area contributed by atoms with Crippen LogP contribution in [0.1, 0.15) is 13.8 Å². The van der Waals surface area contributed by atoms with Gasteiger partial charge >= 0.3 is 5.97 Å². The number of nitrogens with one attached hydrogen (secondary N) is 1. The van der Waals surface area contributed by atoms with Gasteiger partial charge in [0.25, 0.3) is 0 Å². The van der Waals surface area contributed by atoms with Crippen LogP contribution in [0.25, 0.3) is 0 Å². The fourth-order valence-corrected chi connectivity index (χ4v) is 2.04. The van der Waals surface area contributed by atoms with Crippen LogP contribution in [0, 0.1) is 0 Å². The summed E-state index contributed by atoms with van der Waals surface area (Å²) in [5.41, 5.74) is -1.64. The highest BCUT2D eigenvalue weighted by molar-refractivity contribution is 5.82. The number of amides is 1. The van der Waals surface area contributed by atoms with Crippen LogP contribution in [0.5, 0.6) is 0 Å². The Morgan fingerprint density at radius 1 is 1.58 bits per heavy atom. The van der Waals surface area contributed by atoms with Crippen LogP contribution in [0.4, 0.5) is 0 Å². The Kier molecular flexibility index (Phi) is 5.71. The number of carbonyl (C=O) groups excluding carboxylic acids is 2. The molecule has 19 heavy (non-hydrogen) atoms. The van der Waals surface area contributed by atoms with E-state index >= 15 is 0 Å². The van der Waals surface area contributed by atoms with E-state index in [2.05, 4.69) is 10.1 Å². The van der Waals surface area contributed by atoms with E-state index in [1.165, 1.54) is 14.0 Å². The molecule has 2 unspecified atom stereocenters. The lowest BCUT2D eigenvalue weighted by Gasteiger charge is -2.37. The largest absolute Gasteiger partial charge is 0.467 e. The third-order valence-electron chi connectivity index (χ3n) is 3.03. The molecule has 2 N–H and O–H groups in total. The quantitative estimate of drug-likeness (QED) is 0.609. The van der Waals surface area contributed by atoms with Crippen molar-refractivity contribution in [1.82, 2.24) is 10.2 Å². The maximum Gasteiger partial charge on any atom is 0.338 e. The fourth-order valence-electron chi connectivity index (χ4n) is 2.04. The minimum absolute atomic E-state index is 0.0326. The highest BCUT2D eigenvalue weighted by Gasteiger charge is 2.38. The van der Waals surface area contributed by atoms with Crippen LogP contribution >= 0.6 is 0 Å². The van der Waals surface area contributed by atoms with E-state index in [1.807, 2.05) is 6.92 Å². The number of ether oxygens (including phenoxy) is 2. The molecule has 1 aliphatic heterocycles. The second kappa shape index (κ2) is 6.83. The van der Waals surface area contributed by atoms with E-state index in [1.54, 1.807) is 4.90 Å². The molecule has 0 saturated carbocycles. The Morgan fingerprint density at radius 3 is 2.84 bits per heavy atom. The number of nitrogens with zero attached hydrogens (tertiary/aromatic N) is 1. The molecule has 7 nitrogen and oxygen atoms in total. The van der Waals surface area contributed by atoms with Gasteiger partial charge in [-0.25, -0.2) is 4.79 Å². The van der Waals surface area contributed by atoms with Gasteiger partial charge in [0, 0.05) is 19.6 Å². The highest BCUT2D eigenvalue weighted by atomic mass is 16.5. The fraction of sp³-hybridized carbons (Fsp3) is 0.833. The van der Waals surface area contributed by atoms with E-state index in [0.29, 0.717) is 19.7 Å². The van der Waals surface area contributed by atoms with Crippen LogP contribution in [0.3, 0.4) is 0 Å². The number of rotatable bonds is 5. The molecule has 0 aliphatic carbocycles. The molecule has 1 aliphatic rings. The average molecular weight is 274 g/mol. The first-order valence-electron chi connectivity index (χ1n) is 6.32. The standard InChI is InChI=1S/C12H22N2O5/c1-4-13-10(15)9-7-19-6-5-14(9)8-12(2,17)11(16)18-3/h9,17H,4-8H2,1-3H3,(H,13,15). The summed E-state index contributed by atoms with van der Waals surface area (Å²) in [6.45, 7) is 4.96. The van der Waals surface area contributed by atoms with Crippen molar-refractivity contribution in [3.05, 3.63) is 0 Å². The summed E-state index contributed by atoms with van der Waals surface area (Å²) in [4.78, 5) is 25.1. The summed E-state index contributed by atoms with van der Waals surface area (Å²) in [7, 11) is 1.22. The van der Waals surface area contributed by atoms with Crippen LogP contribution in [-0.4, -0.2) is 73.5 Å². The molecular formula is C12H22N2O5. The van der Waals surface area contributed by atoms with Crippen LogP contribution in [0.15, 0.2) is 0 Å². The average Bonchev–Trinajstić information content (AvgIpc) is 2.38. The zero-order chi connectivity index (χ0) is 14.5. The summed E-state index contributed by atoms with van der Waals surface area (Å²) in [5, 5.41) is 12.8. The number of methoxy groups -OCH3 is 1. The number of aliphatic hydroxyl groups is 1. The van der Waals surface area contributed by atoms with E-state index < -0.39 is 17.6 Å². The van der Waals surface area contributed by atoms with Crippen molar-refractivity contribution in [2.45, 2.75) is 25.5 Å². The Bertz CT molecular complexity index is 332. The predicted octanol–water partition coefficient (Wildman–Crippen LogP) is -1.25. The third kappa shape index (κ3) is 4.15. The maximum absolute atomic E-state index is 11.9. The zero-order valence-corrected chi connectivity index (χ0v) is 11.6. The van der Waals surface area contributed by atoms with Crippen molar-refractivity contribution in [2.24, 2.45) is 0 Å². The molecule has 0 spiro atoms. The number of likely N-dealkylation sites (N-methyl/N-ethyl adjacent to an activating group) is 1. The van der Waals surface area contributed by atoms with E-state index in [9.17, 15) is 14.7 Å². The smallest absolute Gasteiger partial charge is 0.338 e.